The van der Waals surface area contributed by atoms with Gasteiger partial charge in [0, 0.05) is 17.7 Å². The van der Waals surface area contributed by atoms with Gasteiger partial charge in [-0.3, -0.25) is 9.69 Å². The first-order valence-corrected chi connectivity index (χ1v) is 14.3. The normalized spacial score (nSPS) is 14.2. The minimum atomic E-state index is -1.29. The molecular formula is C34H41N3O6. The summed E-state index contributed by atoms with van der Waals surface area (Å²) in [5.74, 6) is 9.62. The lowest BCUT2D eigenvalue weighted by Crippen LogP contribution is -2.62. The van der Waals surface area contributed by atoms with Crippen LogP contribution in [0.5, 0.6) is 5.75 Å². The van der Waals surface area contributed by atoms with Crippen LogP contribution in [0.1, 0.15) is 80.9 Å². The number of esters is 1. The van der Waals surface area contributed by atoms with Crippen molar-refractivity contribution < 1.29 is 29.0 Å². The molecule has 1 heterocycles. The highest BCUT2D eigenvalue weighted by molar-refractivity contribution is 5.99. The van der Waals surface area contributed by atoms with Gasteiger partial charge in [-0.05, 0) is 108 Å². The van der Waals surface area contributed by atoms with Gasteiger partial charge in [-0.25, -0.2) is 9.59 Å². The first-order chi connectivity index (χ1) is 20.3. The smallest absolute Gasteiger partial charge is 0.408 e. The summed E-state index contributed by atoms with van der Waals surface area (Å²) in [5.41, 5.74) is 0.442. The summed E-state index contributed by atoms with van der Waals surface area (Å²) in [6, 6.07) is 11.2. The van der Waals surface area contributed by atoms with Crippen LogP contribution in [0.3, 0.4) is 0 Å². The summed E-state index contributed by atoms with van der Waals surface area (Å²) in [6.07, 6.45) is 3.08. The Hall–Kier alpha value is -4.47. The Morgan fingerprint density at radius 1 is 0.930 bits per heavy atom. The number of piperidine rings is 1. The molecule has 0 aromatic heterocycles. The summed E-state index contributed by atoms with van der Waals surface area (Å²) in [6.45, 7) is 11.5. The number of carbonyl (C=O) groups is 3. The van der Waals surface area contributed by atoms with Crippen molar-refractivity contribution in [2.75, 3.05) is 20.2 Å². The highest BCUT2D eigenvalue weighted by atomic mass is 16.6. The van der Waals surface area contributed by atoms with Crippen LogP contribution in [-0.4, -0.2) is 65.4 Å². The molecule has 1 saturated heterocycles. The van der Waals surface area contributed by atoms with Gasteiger partial charge in [-0.1, -0.05) is 30.4 Å². The first kappa shape index (κ1) is 33.0. The second kappa shape index (κ2) is 14.6. The molecule has 3 rings (SSSR count). The SMILES string of the molecule is COC(=O)C(NC(=O)c1ccc(C#CC#Cc2ccc(CN3CCCCC3)cc2)cc1O)C(C)(C)NC(=O)OC(C)(C)C. The second-order valence-electron chi connectivity index (χ2n) is 12.0. The minimum absolute atomic E-state index is 0.0803. The number of aromatic hydroxyl groups is 1. The molecule has 0 saturated carbocycles. The van der Waals surface area contributed by atoms with E-state index in [1.165, 1.54) is 44.1 Å². The molecule has 1 unspecified atom stereocenters. The fourth-order valence-corrected chi connectivity index (χ4v) is 4.58. The van der Waals surface area contributed by atoms with E-state index in [1.54, 1.807) is 40.7 Å². The van der Waals surface area contributed by atoms with Gasteiger partial charge in [0.05, 0.1) is 18.2 Å². The molecule has 0 aliphatic carbocycles. The lowest BCUT2D eigenvalue weighted by atomic mass is 9.94. The number of hydrogen-bond acceptors (Lipinski definition) is 7. The lowest BCUT2D eigenvalue weighted by molar-refractivity contribution is -0.144. The van der Waals surface area contributed by atoms with Crippen LogP contribution in [-0.2, 0) is 20.8 Å². The molecule has 0 spiro atoms. The molecule has 1 aliphatic heterocycles. The topological polar surface area (TPSA) is 117 Å². The van der Waals surface area contributed by atoms with Crippen LogP contribution in [0.2, 0.25) is 0 Å². The predicted octanol–water partition coefficient (Wildman–Crippen LogP) is 4.36. The van der Waals surface area contributed by atoms with Gasteiger partial charge >= 0.3 is 12.1 Å². The standard InChI is InChI=1S/C34H41N3O6/c1-33(2,3)43-32(41)36-34(4,5)29(31(40)42-6)35-30(39)27-19-18-25(22-28(27)38)13-9-8-12-24-14-16-26(17-15-24)23-37-20-10-7-11-21-37/h14-19,22,29,38H,7,10-11,20-21,23H2,1-6H3,(H,35,39)(H,36,41). The maximum atomic E-state index is 13.0. The molecule has 1 atom stereocenters. The number of carbonyl (C=O) groups excluding carboxylic acids is 3. The minimum Gasteiger partial charge on any atom is -0.507 e. The Bertz CT molecular complexity index is 1430. The van der Waals surface area contributed by atoms with Crippen LogP contribution in [0.25, 0.3) is 0 Å². The molecule has 9 nitrogen and oxygen atoms in total. The van der Waals surface area contributed by atoms with Crippen LogP contribution in [0, 0.1) is 23.7 Å². The van der Waals surface area contributed by atoms with Crippen molar-refractivity contribution in [1.82, 2.24) is 15.5 Å². The zero-order chi connectivity index (χ0) is 31.6. The lowest BCUT2D eigenvalue weighted by Gasteiger charge is -2.34. The maximum Gasteiger partial charge on any atom is 0.408 e. The van der Waals surface area contributed by atoms with Crippen molar-refractivity contribution in [2.45, 2.75) is 77.6 Å². The number of nitrogens with one attached hydrogen (secondary N) is 2. The molecule has 2 aromatic carbocycles. The molecule has 1 fully saturated rings. The summed E-state index contributed by atoms with van der Waals surface area (Å²) in [7, 11) is 1.17. The molecule has 0 radical (unpaired) electrons. The monoisotopic (exact) mass is 587 g/mol. The number of hydrogen-bond donors (Lipinski definition) is 3. The van der Waals surface area contributed by atoms with E-state index in [0.717, 1.165) is 25.2 Å². The average Bonchev–Trinajstić information content (AvgIpc) is 2.93. The number of nitrogens with zero attached hydrogens (tertiary/aromatic N) is 1. The molecule has 228 valence electrons. The number of ether oxygens (including phenoxy) is 2. The summed E-state index contributed by atoms with van der Waals surface area (Å²) in [5, 5.41) is 15.7. The number of amides is 2. The molecule has 43 heavy (non-hydrogen) atoms. The van der Waals surface area contributed by atoms with Gasteiger partial charge in [0.15, 0.2) is 0 Å². The number of rotatable bonds is 7. The highest BCUT2D eigenvalue weighted by Crippen LogP contribution is 2.21. The Kier molecular flexibility index (Phi) is 11.2. The van der Waals surface area contributed by atoms with E-state index in [0.29, 0.717) is 5.56 Å². The molecule has 2 aromatic rings. The number of likely N-dealkylation sites (tertiary alicyclic amines) is 1. The third-order valence-corrected chi connectivity index (χ3v) is 6.78. The van der Waals surface area contributed by atoms with E-state index in [-0.39, 0.29) is 11.3 Å². The number of benzene rings is 2. The summed E-state index contributed by atoms with van der Waals surface area (Å²) >= 11 is 0. The van der Waals surface area contributed by atoms with E-state index in [9.17, 15) is 19.5 Å². The number of phenolic OH excluding ortho intramolecular Hbond substituents is 1. The van der Waals surface area contributed by atoms with Crippen LogP contribution < -0.4 is 10.6 Å². The largest absolute Gasteiger partial charge is 0.507 e. The van der Waals surface area contributed by atoms with Crippen molar-refractivity contribution in [2.24, 2.45) is 0 Å². The van der Waals surface area contributed by atoms with Crippen molar-refractivity contribution in [3.05, 3.63) is 64.7 Å². The van der Waals surface area contributed by atoms with E-state index in [4.69, 9.17) is 9.47 Å². The Morgan fingerprint density at radius 2 is 1.53 bits per heavy atom. The van der Waals surface area contributed by atoms with Crippen LogP contribution in [0.4, 0.5) is 4.79 Å². The first-order valence-electron chi connectivity index (χ1n) is 14.3. The van der Waals surface area contributed by atoms with Gasteiger partial charge < -0.3 is 25.2 Å². The third kappa shape index (κ3) is 10.4. The van der Waals surface area contributed by atoms with Gasteiger partial charge in [-0.2, -0.15) is 0 Å². The van der Waals surface area contributed by atoms with Gasteiger partial charge in [0.2, 0.25) is 0 Å². The highest BCUT2D eigenvalue weighted by Gasteiger charge is 2.40. The zero-order valence-electron chi connectivity index (χ0n) is 25.8. The van der Waals surface area contributed by atoms with Crippen LogP contribution in [0.15, 0.2) is 42.5 Å². The van der Waals surface area contributed by atoms with Gasteiger partial charge in [0.25, 0.3) is 5.91 Å². The molecule has 3 N–H and O–H groups in total. The third-order valence-electron chi connectivity index (χ3n) is 6.78. The number of methoxy groups -OCH3 is 1. The van der Waals surface area contributed by atoms with Crippen molar-refractivity contribution in [3.8, 4) is 29.4 Å². The summed E-state index contributed by atoms with van der Waals surface area (Å²) in [4.78, 5) is 40.4. The molecule has 2 amide bonds. The fourth-order valence-electron chi connectivity index (χ4n) is 4.58. The van der Waals surface area contributed by atoms with Gasteiger partial charge in [0.1, 0.15) is 17.4 Å². The Morgan fingerprint density at radius 3 is 2.12 bits per heavy atom. The molecule has 1 aliphatic rings. The Labute approximate surface area is 254 Å². The number of alkyl carbamates (subject to hydrolysis) is 1. The zero-order valence-corrected chi connectivity index (χ0v) is 25.8. The van der Waals surface area contributed by atoms with E-state index in [1.807, 2.05) is 12.1 Å². The Balaban J connectivity index is 1.64. The van der Waals surface area contributed by atoms with Crippen molar-refractivity contribution in [3.63, 3.8) is 0 Å². The van der Waals surface area contributed by atoms with Gasteiger partial charge in [-0.15, -0.1) is 0 Å². The quantitative estimate of drug-likeness (QED) is 0.326. The summed E-state index contributed by atoms with van der Waals surface area (Å²) < 4.78 is 10.1. The number of phenols is 1. The molecule has 9 heteroatoms. The molecular weight excluding hydrogens is 546 g/mol. The van der Waals surface area contributed by atoms with E-state index < -0.39 is 35.2 Å². The van der Waals surface area contributed by atoms with Crippen LogP contribution >= 0.6 is 0 Å². The maximum absolute atomic E-state index is 13.0. The fraction of sp³-hybridized carbons (Fsp3) is 0.441. The second-order valence-corrected chi connectivity index (χ2v) is 12.0. The molecule has 0 bridgehead atoms. The van der Waals surface area contributed by atoms with Crippen molar-refractivity contribution >= 4 is 18.0 Å². The van der Waals surface area contributed by atoms with E-state index >= 15 is 0 Å². The average molecular weight is 588 g/mol. The predicted molar refractivity (Wildman–Crippen MR) is 164 cm³/mol. The van der Waals surface area contributed by atoms with Crippen molar-refractivity contribution in [1.29, 1.82) is 0 Å². The van der Waals surface area contributed by atoms with E-state index in [2.05, 4.69) is 51.3 Å².